The molecule has 25 heavy (non-hydrogen) atoms. The molecule has 4 nitrogen and oxygen atoms in total. The van der Waals surface area contributed by atoms with Gasteiger partial charge in [0.1, 0.15) is 10.6 Å². The van der Waals surface area contributed by atoms with E-state index in [1.165, 1.54) is 17.8 Å². The highest BCUT2D eigenvalue weighted by Crippen LogP contribution is 2.31. The maximum atomic E-state index is 12.9. The predicted molar refractivity (Wildman–Crippen MR) is 103 cm³/mol. The fraction of sp³-hybridized carbons (Fsp3) is 0.400. The number of rotatable bonds is 2. The van der Waals surface area contributed by atoms with E-state index >= 15 is 0 Å². The van der Waals surface area contributed by atoms with Gasteiger partial charge in [-0.2, -0.15) is 0 Å². The summed E-state index contributed by atoms with van der Waals surface area (Å²) in [4.78, 5) is 21.4. The average Bonchev–Trinajstić information content (AvgIpc) is 3.00. The van der Waals surface area contributed by atoms with Crippen LogP contribution in [-0.2, 0) is 0 Å². The summed E-state index contributed by atoms with van der Waals surface area (Å²) in [7, 11) is 1.65. The average molecular weight is 354 g/mol. The summed E-state index contributed by atoms with van der Waals surface area (Å²) in [6.45, 7) is 6.15. The molecule has 1 fully saturated rings. The number of benzene rings is 1. The van der Waals surface area contributed by atoms with Crippen molar-refractivity contribution in [3.05, 3.63) is 35.2 Å². The zero-order valence-corrected chi connectivity index (χ0v) is 15.6. The normalized spacial score (nSPS) is 21.0. The number of carbonyl (C=O) groups is 1. The minimum atomic E-state index is 0.142. The summed E-state index contributed by atoms with van der Waals surface area (Å²) in [5.74, 6) is 2.07. The van der Waals surface area contributed by atoms with Crippen LogP contribution in [0.1, 0.15) is 29.9 Å². The van der Waals surface area contributed by atoms with E-state index in [4.69, 9.17) is 9.72 Å². The van der Waals surface area contributed by atoms with Gasteiger partial charge in [-0.25, -0.2) is 4.98 Å². The molecule has 1 amide bonds. The molecule has 3 heterocycles. The van der Waals surface area contributed by atoms with Crippen LogP contribution in [0.3, 0.4) is 0 Å². The molecule has 2 aromatic heterocycles. The molecule has 0 unspecified atom stereocenters. The van der Waals surface area contributed by atoms with E-state index in [0.29, 0.717) is 11.8 Å². The Morgan fingerprint density at radius 3 is 2.64 bits per heavy atom. The maximum absolute atomic E-state index is 12.9. The van der Waals surface area contributed by atoms with Gasteiger partial charge >= 0.3 is 0 Å². The number of likely N-dealkylation sites (tertiary alicyclic amines) is 1. The molecular weight excluding hydrogens is 332 g/mol. The van der Waals surface area contributed by atoms with Crippen molar-refractivity contribution in [2.45, 2.75) is 20.3 Å². The highest BCUT2D eigenvalue weighted by atomic mass is 32.1. The van der Waals surface area contributed by atoms with E-state index < -0.39 is 0 Å². The van der Waals surface area contributed by atoms with Crippen molar-refractivity contribution in [3.63, 3.8) is 0 Å². The summed E-state index contributed by atoms with van der Waals surface area (Å²) < 4.78 is 5.28. The Morgan fingerprint density at radius 1 is 1.16 bits per heavy atom. The molecule has 0 saturated carbocycles. The highest BCUT2D eigenvalue weighted by molar-refractivity contribution is 7.20. The molecule has 5 heteroatoms. The molecule has 0 bridgehead atoms. The van der Waals surface area contributed by atoms with E-state index in [9.17, 15) is 4.79 Å². The Kier molecular flexibility index (Phi) is 4.12. The lowest BCUT2D eigenvalue weighted by Gasteiger charge is -2.34. The van der Waals surface area contributed by atoms with Crippen LogP contribution < -0.4 is 4.74 Å². The second-order valence-corrected chi connectivity index (χ2v) is 8.24. The van der Waals surface area contributed by atoms with Crippen LogP contribution in [0.15, 0.2) is 30.3 Å². The van der Waals surface area contributed by atoms with Gasteiger partial charge in [-0.1, -0.05) is 13.8 Å². The Bertz CT molecular complexity index is 939. The van der Waals surface area contributed by atoms with Crippen LogP contribution in [-0.4, -0.2) is 36.0 Å². The molecular formula is C20H22N2O2S. The van der Waals surface area contributed by atoms with Crippen LogP contribution in [0.2, 0.25) is 0 Å². The van der Waals surface area contributed by atoms with Gasteiger partial charge in [-0.05, 0) is 42.5 Å². The van der Waals surface area contributed by atoms with Crippen LogP contribution in [0.4, 0.5) is 0 Å². The zero-order chi connectivity index (χ0) is 17.6. The van der Waals surface area contributed by atoms with Gasteiger partial charge in [0.2, 0.25) is 0 Å². The summed E-state index contributed by atoms with van der Waals surface area (Å²) in [5.41, 5.74) is 0.896. The lowest BCUT2D eigenvalue weighted by Crippen LogP contribution is -2.42. The van der Waals surface area contributed by atoms with Crippen molar-refractivity contribution in [2.75, 3.05) is 20.2 Å². The molecule has 1 aliphatic rings. The third-order valence-corrected chi connectivity index (χ3v) is 5.91. The number of ether oxygens (including phenoxy) is 1. The third-order valence-electron chi connectivity index (χ3n) is 4.88. The van der Waals surface area contributed by atoms with Crippen molar-refractivity contribution in [1.82, 2.24) is 9.88 Å². The largest absolute Gasteiger partial charge is 0.497 e. The van der Waals surface area contributed by atoms with Crippen molar-refractivity contribution in [2.24, 2.45) is 11.8 Å². The van der Waals surface area contributed by atoms with E-state index in [-0.39, 0.29) is 5.91 Å². The first-order valence-electron chi connectivity index (χ1n) is 8.71. The molecule has 3 aromatic rings. The van der Waals surface area contributed by atoms with Gasteiger partial charge in [0.25, 0.3) is 5.91 Å². The topological polar surface area (TPSA) is 42.4 Å². The number of thiophene rings is 1. The number of carbonyl (C=O) groups excluding carboxylic acids is 1. The van der Waals surface area contributed by atoms with Crippen LogP contribution >= 0.6 is 11.3 Å². The molecule has 4 rings (SSSR count). The molecule has 0 spiro atoms. The number of methoxy groups -OCH3 is 1. The van der Waals surface area contributed by atoms with Gasteiger partial charge in [-0.3, -0.25) is 4.79 Å². The van der Waals surface area contributed by atoms with Crippen molar-refractivity contribution >= 4 is 38.4 Å². The maximum Gasteiger partial charge on any atom is 0.264 e. The number of amides is 1. The number of hydrogen-bond donors (Lipinski definition) is 0. The summed E-state index contributed by atoms with van der Waals surface area (Å²) in [6.07, 6.45) is 1.20. The Balaban J connectivity index is 1.70. The number of fused-ring (bicyclic) bond motifs is 2. The second-order valence-electron chi connectivity index (χ2n) is 7.21. The van der Waals surface area contributed by atoms with E-state index in [1.807, 2.05) is 29.2 Å². The molecule has 1 aromatic carbocycles. The Labute approximate surface area is 151 Å². The second kappa shape index (κ2) is 6.30. The number of hydrogen-bond acceptors (Lipinski definition) is 4. The van der Waals surface area contributed by atoms with Crippen molar-refractivity contribution in [3.8, 4) is 5.75 Å². The fourth-order valence-corrected chi connectivity index (χ4v) is 4.81. The minimum absolute atomic E-state index is 0.142. The first kappa shape index (κ1) is 16.3. The monoisotopic (exact) mass is 354 g/mol. The molecule has 2 atom stereocenters. The quantitative estimate of drug-likeness (QED) is 0.677. The number of piperidine rings is 1. The van der Waals surface area contributed by atoms with Crippen molar-refractivity contribution < 1.29 is 9.53 Å². The Hall–Kier alpha value is -2.14. The fourth-order valence-electron chi connectivity index (χ4n) is 3.82. The SMILES string of the molecule is COc1ccc2cc3cc(C(=O)N4C[C@H](C)C[C@@H](C)C4)sc3nc2c1. The van der Waals surface area contributed by atoms with Crippen LogP contribution in [0.5, 0.6) is 5.75 Å². The molecule has 1 saturated heterocycles. The van der Waals surface area contributed by atoms with Gasteiger partial charge in [0, 0.05) is 29.9 Å². The van der Waals surface area contributed by atoms with Crippen molar-refractivity contribution in [1.29, 1.82) is 0 Å². The molecule has 0 aliphatic carbocycles. The standard InChI is InChI=1S/C20H22N2O2S/c1-12-6-13(2)11-22(10-12)20(23)18-8-15-7-14-4-5-16(24-3)9-17(14)21-19(15)25-18/h4-5,7-9,12-13H,6,10-11H2,1-3H3/t12-,13-/m1/s1. The summed E-state index contributed by atoms with van der Waals surface area (Å²) >= 11 is 1.49. The number of pyridine rings is 1. The number of nitrogens with zero attached hydrogens (tertiary/aromatic N) is 2. The molecule has 1 aliphatic heterocycles. The summed E-state index contributed by atoms with van der Waals surface area (Å²) in [6, 6.07) is 9.97. The predicted octanol–water partition coefficient (Wildman–Crippen LogP) is 4.58. The molecule has 130 valence electrons. The minimum Gasteiger partial charge on any atom is -0.497 e. The van der Waals surface area contributed by atoms with Crippen LogP contribution in [0, 0.1) is 11.8 Å². The number of aromatic nitrogens is 1. The van der Waals surface area contributed by atoms with Gasteiger partial charge in [-0.15, -0.1) is 11.3 Å². The summed E-state index contributed by atoms with van der Waals surface area (Å²) in [5, 5.41) is 2.09. The lowest BCUT2D eigenvalue weighted by atomic mass is 9.92. The van der Waals surface area contributed by atoms with E-state index in [2.05, 4.69) is 19.9 Å². The van der Waals surface area contributed by atoms with Crippen LogP contribution in [0.25, 0.3) is 21.1 Å². The Morgan fingerprint density at radius 2 is 1.92 bits per heavy atom. The van der Waals surface area contributed by atoms with Gasteiger partial charge in [0.15, 0.2) is 0 Å². The van der Waals surface area contributed by atoms with Gasteiger partial charge in [0.05, 0.1) is 17.5 Å². The van der Waals surface area contributed by atoms with E-state index in [1.54, 1.807) is 7.11 Å². The lowest BCUT2D eigenvalue weighted by molar-refractivity contribution is 0.0628. The zero-order valence-electron chi connectivity index (χ0n) is 14.8. The first-order chi connectivity index (χ1) is 12.0. The van der Waals surface area contributed by atoms with E-state index in [0.717, 1.165) is 44.8 Å². The third kappa shape index (κ3) is 3.09. The highest BCUT2D eigenvalue weighted by Gasteiger charge is 2.27. The molecule has 0 N–H and O–H groups in total. The smallest absolute Gasteiger partial charge is 0.264 e. The van der Waals surface area contributed by atoms with Gasteiger partial charge < -0.3 is 9.64 Å². The molecule has 0 radical (unpaired) electrons. The first-order valence-corrected chi connectivity index (χ1v) is 9.52.